The molecule has 2 aromatic rings. The number of rotatable bonds is 6. The fraction of sp³-hybridized carbons (Fsp3) is 0.524. The van der Waals surface area contributed by atoms with Crippen LogP contribution in [0.5, 0.6) is 0 Å². The van der Waals surface area contributed by atoms with Crippen LogP contribution in [-0.2, 0) is 0 Å². The Morgan fingerprint density at radius 3 is 2.85 bits per heavy atom. The molecule has 2 fully saturated rings. The number of nitrogens with one attached hydrogen (secondary N) is 3. The summed E-state index contributed by atoms with van der Waals surface area (Å²) in [6.07, 6.45) is 6.70. The maximum absolute atomic E-state index is 12.8. The summed E-state index contributed by atoms with van der Waals surface area (Å²) >= 11 is 6.04. The third-order valence-electron chi connectivity index (χ3n) is 5.89. The molecule has 1 unspecified atom stereocenters. The van der Waals surface area contributed by atoms with E-state index in [1.54, 1.807) is 0 Å². The number of nitriles is 1. The number of aromatic amines is 1. The van der Waals surface area contributed by atoms with Crippen LogP contribution in [-0.4, -0.2) is 29.5 Å². The molecule has 1 heterocycles. The van der Waals surface area contributed by atoms with Crippen LogP contribution >= 0.6 is 11.6 Å². The van der Waals surface area contributed by atoms with E-state index in [0.29, 0.717) is 22.6 Å². The lowest BCUT2D eigenvalue weighted by atomic mass is 9.84. The van der Waals surface area contributed by atoms with Gasteiger partial charge in [0.1, 0.15) is 5.69 Å². The second kappa shape index (κ2) is 7.92. The maximum atomic E-state index is 12.8. The summed E-state index contributed by atoms with van der Waals surface area (Å²) in [5.74, 6) is 0.819. The van der Waals surface area contributed by atoms with Crippen LogP contribution in [0.4, 0.5) is 0 Å². The number of amides is 1. The van der Waals surface area contributed by atoms with E-state index >= 15 is 0 Å². The molecule has 3 N–H and O–H groups in total. The number of carbonyl (C=O) groups excluding carboxylic acids is 1. The molecule has 0 bridgehead atoms. The number of nitrogens with zero attached hydrogens (tertiary/aromatic N) is 1. The topological polar surface area (TPSA) is 80.7 Å². The maximum Gasteiger partial charge on any atom is 0.267 e. The lowest BCUT2D eigenvalue weighted by molar-refractivity contribution is 0.0900. The van der Waals surface area contributed by atoms with Gasteiger partial charge in [-0.1, -0.05) is 24.4 Å². The summed E-state index contributed by atoms with van der Waals surface area (Å²) in [7, 11) is 0. The van der Waals surface area contributed by atoms with Crippen molar-refractivity contribution in [1.29, 1.82) is 5.26 Å². The number of halogens is 1. The van der Waals surface area contributed by atoms with E-state index in [9.17, 15) is 10.1 Å². The van der Waals surface area contributed by atoms with E-state index in [-0.39, 0.29) is 18.0 Å². The smallest absolute Gasteiger partial charge is 0.267 e. The van der Waals surface area contributed by atoms with Gasteiger partial charge in [0.05, 0.1) is 12.1 Å². The van der Waals surface area contributed by atoms with E-state index < -0.39 is 0 Å². The molecular weight excluding hydrogens is 360 g/mol. The zero-order chi connectivity index (χ0) is 18.8. The minimum atomic E-state index is -0.0711. The lowest BCUT2D eigenvalue weighted by Gasteiger charge is -2.33. The van der Waals surface area contributed by atoms with Gasteiger partial charge in [-0.3, -0.25) is 4.79 Å². The van der Waals surface area contributed by atoms with Gasteiger partial charge < -0.3 is 15.6 Å². The monoisotopic (exact) mass is 384 g/mol. The summed E-state index contributed by atoms with van der Waals surface area (Å²) in [4.78, 5) is 16.0. The molecule has 0 spiro atoms. The number of H-pyrrole nitrogens is 1. The van der Waals surface area contributed by atoms with Crippen molar-refractivity contribution in [2.45, 2.75) is 50.6 Å². The van der Waals surface area contributed by atoms with Gasteiger partial charge in [-0.2, -0.15) is 5.26 Å². The molecule has 3 atom stereocenters. The first-order valence-electron chi connectivity index (χ1n) is 9.86. The Hall–Kier alpha value is -2.03. The van der Waals surface area contributed by atoms with Gasteiger partial charge in [0.15, 0.2) is 0 Å². The SMILES string of the molecule is N#CC(NC[C@H]1CCCC[C@@H]1NC(=O)c1cc2cc(Cl)ccc2[nH]1)C1CC1. The fourth-order valence-electron chi connectivity index (χ4n) is 4.14. The third kappa shape index (κ3) is 4.28. The van der Waals surface area contributed by atoms with Crippen molar-refractivity contribution in [3.05, 3.63) is 35.0 Å². The van der Waals surface area contributed by atoms with Gasteiger partial charge in [0.2, 0.25) is 0 Å². The molecule has 2 saturated carbocycles. The number of carbonyl (C=O) groups is 1. The number of hydrogen-bond acceptors (Lipinski definition) is 3. The number of fused-ring (bicyclic) bond motifs is 1. The Morgan fingerprint density at radius 1 is 1.26 bits per heavy atom. The molecule has 1 aromatic heterocycles. The second-order valence-electron chi connectivity index (χ2n) is 7.89. The molecule has 142 valence electrons. The molecule has 1 amide bonds. The number of aromatic nitrogens is 1. The van der Waals surface area contributed by atoms with E-state index in [1.165, 1.54) is 6.42 Å². The highest BCUT2D eigenvalue weighted by molar-refractivity contribution is 6.31. The molecule has 2 aliphatic carbocycles. The van der Waals surface area contributed by atoms with Gasteiger partial charge in [-0.25, -0.2) is 0 Å². The molecule has 0 aliphatic heterocycles. The molecule has 4 rings (SSSR count). The third-order valence-corrected chi connectivity index (χ3v) is 6.12. The molecule has 2 aliphatic rings. The first kappa shape index (κ1) is 18.3. The Balaban J connectivity index is 1.40. The van der Waals surface area contributed by atoms with Crippen molar-refractivity contribution < 1.29 is 4.79 Å². The van der Waals surface area contributed by atoms with Gasteiger partial charge in [0.25, 0.3) is 5.91 Å². The first-order chi connectivity index (χ1) is 13.1. The van der Waals surface area contributed by atoms with Crippen molar-refractivity contribution in [1.82, 2.24) is 15.6 Å². The molecule has 27 heavy (non-hydrogen) atoms. The highest BCUT2D eigenvalue weighted by atomic mass is 35.5. The Bertz CT molecular complexity index is 867. The quantitative estimate of drug-likeness (QED) is 0.704. The van der Waals surface area contributed by atoms with E-state index in [4.69, 9.17) is 11.6 Å². The minimum Gasteiger partial charge on any atom is -0.351 e. The van der Waals surface area contributed by atoms with Crippen LogP contribution in [0.1, 0.15) is 49.0 Å². The summed E-state index contributed by atoms with van der Waals surface area (Å²) in [5, 5.41) is 17.6. The van der Waals surface area contributed by atoms with Crippen LogP contribution in [0.2, 0.25) is 5.02 Å². The second-order valence-corrected chi connectivity index (χ2v) is 8.33. The zero-order valence-electron chi connectivity index (χ0n) is 15.3. The van der Waals surface area contributed by atoms with E-state index in [1.807, 2.05) is 24.3 Å². The van der Waals surface area contributed by atoms with Gasteiger partial charge in [0, 0.05) is 28.5 Å². The van der Waals surface area contributed by atoms with Crippen molar-refractivity contribution in [2.24, 2.45) is 11.8 Å². The first-order valence-corrected chi connectivity index (χ1v) is 10.2. The summed E-state index contributed by atoms with van der Waals surface area (Å²) < 4.78 is 0. The van der Waals surface area contributed by atoms with Crippen LogP contribution in [0.3, 0.4) is 0 Å². The Kier molecular flexibility index (Phi) is 5.38. The molecular formula is C21H25ClN4O. The number of hydrogen-bond donors (Lipinski definition) is 3. The van der Waals surface area contributed by atoms with Crippen molar-refractivity contribution in [2.75, 3.05) is 6.54 Å². The predicted molar refractivity (Wildman–Crippen MR) is 107 cm³/mol. The molecule has 0 radical (unpaired) electrons. The number of benzene rings is 1. The van der Waals surface area contributed by atoms with E-state index in [0.717, 1.165) is 49.6 Å². The van der Waals surface area contributed by atoms with Crippen LogP contribution in [0.15, 0.2) is 24.3 Å². The summed E-state index contributed by atoms with van der Waals surface area (Å²) in [6, 6.07) is 9.91. The minimum absolute atomic E-state index is 0.0401. The van der Waals surface area contributed by atoms with Crippen molar-refractivity contribution in [3.63, 3.8) is 0 Å². The summed E-state index contributed by atoms with van der Waals surface area (Å²) in [6.45, 7) is 0.794. The van der Waals surface area contributed by atoms with Gasteiger partial charge >= 0.3 is 0 Å². The van der Waals surface area contributed by atoms with Gasteiger partial charge in [-0.05, 0) is 61.8 Å². The van der Waals surface area contributed by atoms with Crippen LogP contribution < -0.4 is 10.6 Å². The summed E-state index contributed by atoms with van der Waals surface area (Å²) in [5.41, 5.74) is 1.48. The normalized spacial score (nSPS) is 23.7. The van der Waals surface area contributed by atoms with Gasteiger partial charge in [-0.15, -0.1) is 0 Å². The molecule has 1 aromatic carbocycles. The highest BCUT2D eigenvalue weighted by Crippen LogP contribution is 2.33. The average Bonchev–Trinajstić information content (AvgIpc) is 3.42. The van der Waals surface area contributed by atoms with Crippen LogP contribution in [0, 0.1) is 23.2 Å². The average molecular weight is 385 g/mol. The Labute approximate surface area is 164 Å². The largest absolute Gasteiger partial charge is 0.351 e. The highest BCUT2D eigenvalue weighted by Gasteiger charge is 2.33. The molecule has 0 saturated heterocycles. The Morgan fingerprint density at radius 2 is 2.07 bits per heavy atom. The van der Waals surface area contributed by atoms with Crippen LogP contribution in [0.25, 0.3) is 10.9 Å². The fourth-order valence-corrected chi connectivity index (χ4v) is 4.32. The zero-order valence-corrected chi connectivity index (χ0v) is 16.1. The lowest BCUT2D eigenvalue weighted by Crippen LogP contribution is -2.47. The predicted octanol–water partition coefficient (Wildman–Crippen LogP) is 4.00. The van der Waals surface area contributed by atoms with E-state index in [2.05, 4.69) is 21.7 Å². The molecule has 6 heteroatoms. The van der Waals surface area contributed by atoms with Crippen molar-refractivity contribution >= 4 is 28.4 Å². The molecule has 5 nitrogen and oxygen atoms in total. The standard InChI is InChI=1S/C21H25ClN4O/c22-16-7-8-18-15(9-16)10-19(25-18)21(27)26-17-4-2-1-3-14(17)12-24-20(11-23)13-5-6-13/h7-10,13-14,17,20,24-25H,1-6,12H2,(H,26,27)/t14-,17+,20?/m1/s1. The van der Waals surface area contributed by atoms with Crippen molar-refractivity contribution in [3.8, 4) is 6.07 Å².